The predicted molar refractivity (Wildman–Crippen MR) is 372 cm³/mol. The summed E-state index contributed by atoms with van der Waals surface area (Å²) in [5.41, 5.74) is 15.8. The van der Waals surface area contributed by atoms with E-state index in [4.69, 9.17) is 32.7 Å². The molecule has 3 amide bonds. The maximum absolute atomic E-state index is 13.6. The lowest BCUT2D eigenvalue weighted by molar-refractivity contribution is -0.384. The van der Waals surface area contributed by atoms with Crippen LogP contribution >= 0.6 is 23.2 Å². The molecular formula is C81H60Cl2N4O7. The highest BCUT2D eigenvalue weighted by Gasteiger charge is 2.36. The van der Waals surface area contributed by atoms with Gasteiger partial charge in [0.05, 0.1) is 35.9 Å². The van der Waals surface area contributed by atoms with Crippen LogP contribution in [-0.2, 0) is 19.6 Å². The molecule has 460 valence electrons. The third kappa shape index (κ3) is 13.0. The predicted octanol–water partition coefficient (Wildman–Crippen LogP) is 20.0. The molecule has 94 heavy (non-hydrogen) atoms. The number of nitro groups is 1. The number of non-ortho nitro benzene ring substituents is 1. The Labute approximate surface area is 555 Å². The number of halogens is 2. The lowest BCUT2D eigenvalue weighted by Crippen LogP contribution is -2.33. The van der Waals surface area contributed by atoms with E-state index in [1.165, 1.54) is 35.4 Å². The van der Waals surface area contributed by atoms with E-state index in [2.05, 4.69) is 78.9 Å². The number of amides is 3. The molecule has 15 rings (SSSR count). The van der Waals surface area contributed by atoms with E-state index in [0.29, 0.717) is 46.7 Å². The van der Waals surface area contributed by atoms with Crippen LogP contribution in [0.3, 0.4) is 0 Å². The van der Waals surface area contributed by atoms with Gasteiger partial charge < -0.3 is 14.4 Å². The largest absolute Gasteiger partial charge is 0.420 e. The zero-order chi connectivity index (χ0) is 64.5. The van der Waals surface area contributed by atoms with Crippen molar-refractivity contribution in [1.29, 1.82) is 0 Å². The van der Waals surface area contributed by atoms with Crippen molar-refractivity contribution in [2.45, 2.75) is 37.4 Å². The number of carbonyl (C=O) groups excluding carboxylic acids is 3. The Morgan fingerprint density at radius 2 is 0.649 bits per heavy atom. The molecule has 0 saturated carbocycles. The van der Waals surface area contributed by atoms with Gasteiger partial charge in [0.15, 0.2) is 0 Å². The summed E-state index contributed by atoms with van der Waals surface area (Å²) in [7, 11) is 0. The molecule has 0 aliphatic carbocycles. The van der Waals surface area contributed by atoms with Crippen LogP contribution in [0.4, 0.5) is 32.3 Å². The van der Waals surface area contributed by atoms with Crippen molar-refractivity contribution in [2.75, 3.05) is 14.7 Å². The minimum absolute atomic E-state index is 0.0491. The zero-order valence-corrected chi connectivity index (χ0v) is 52.2. The van der Waals surface area contributed by atoms with E-state index in [1.807, 2.05) is 182 Å². The van der Waals surface area contributed by atoms with Crippen LogP contribution in [0.15, 0.2) is 309 Å². The van der Waals surface area contributed by atoms with Gasteiger partial charge in [0.2, 0.25) is 0 Å². The molecule has 0 bridgehead atoms. The summed E-state index contributed by atoms with van der Waals surface area (Å²) < 4.78 is 11.4. The van der Waals surface area contributed by atoms with Gasteiger partial charge in [0, 0.05) is 51.2 Å². The molecule has 3 aliphatic heterocycles. The van der Waals surface area contributed by atoms with Gasteiger partial charge in [0.25, 0.3) is 11.6 Å². The molecule has 0 N–H and O–H groups in total. The number of rotatable bonds is 7. The van der Waals surface area contributed by atoms with Gasteiger partial charge in [-0.2, -0.15) is 0 Å². The molecule has 3 heterocycles. The SMILES string of the molecule is O=C(Oc1ccccc1)N1Cc2ccccc2C(c2ccccc2)c2ccccc21.O=C(Oc1ccccc1)N1Cc2ccccc2C(c2ccccc2Cl)c2ccccc21.O=C(c1ccc([N+](=O)[O-])cc1)N1Cc2ccccc2C(c2ccccc2Cl)c2ccccc21. The topological polar surface area (TPSA) is 123 Å². The fourth-order valence-corrected chi connectivity index (χ4v) is 13.3. The lowest BCUT2D eigenvalue weighted by Gasteiger charge is -2.25. The van der Waals surface area contributed by atoms with Crippen molar-refractivity contribution in [1.82, 2.24) is 0 Å². The molecule has 12 aromatic carbocycles. The van der Waals surface area contributed by atoms with Gasteiger partial charge in [-0.15, -0.1) is 0 Å². The summed E-state index contributed by atoms with van der Waals surface area (Å²) in [6.45, 7) is 1.26. The number of hydrogen-bond donors (Lipinski definition) is 0. The number of fused-ring (bicyclic) bond motifs is 6. The molecule has 12 aromatic rings. The lowest BCUT2D eigenvalue weighted by atomic mass is 9.83. The Hall–Kier alpha value is -11.4. The molecule has 13 heteroatoms. The second-order valence-electron chi connectivity index (χ2n) is 22.8. The van der Waals surface area contributed by atoms with Crippen LogP contribution in [0.25, 0.3) is 0 Å². The first-order chi connectivity index (χ1) is 46.1. The molecule has 0 radical (unpaired) electrons. The fourth-order valence-electron chi connectivity index (χ4n) is 12.9. The first-order valence-corrected chi connectivity index (χ1v) is 31.5. The number of anilines is 3. The van der Waals surface area contributed by atoms with E-state index in [1.54, 1.807) is 39.0 Å². The molecule has 11 nitrogen and oxygen atoms in total. The van der Waals surface area contributed by atoms with Crippen molar-refractivity contribution in [3.63, 3.8) is 0 Å². The van der Waals surface area contributed by atoms with Crippen LogP contribution in [-0.4, -0.2) is 23.0 Å². The molecular weight excluding hydrogens is 1210 g/mol. The Bertz CT molecular complexity index is 4730. The molecule has 3 unspecified atom stereocenters. The number of para-hydroxylation sites is 5. The van der Waals surface area contributed by atoms with Crippen LogP contribution in [0, 0.1) is 10.1 Å². The van der Waals surface area contributed by atoms with Crippen LogP contribution in [0.5, 0.6) is 11.5 Å². The summed E-state index contributed by atoms with van der Waals surface area (Å²) in [4.78, 5) is 55.9. The van der Waals surface area contributed by atoms with Crippen molar-refractivity contribution in [3.8, 4) is 11.5 Å². The third-order valence-electron chi connectivity index (χ3n) is 17.2. The second kappa shape index (κ2) is 28.0. The molecule has 0 fully saturated rings. The van der Waals surface area contributed by atoms with Crippen molar-refractivity contribution < 1.29 is 28.8 Å². The number of benzene rings is 12. The molecule has 0 spiro atoms. The van der Waals surface area contributed by atoms with Gasteiger partial charge in [-0.05, 0) is 133 Å². The summed E-state index contributed by atoms with van der Waals surface area (Å²) in [5, 5.41) is 12.4. The summed E-state index contributed by atoms with van der Waals surface area (Å²) in [5.74, 6) is 0.666. The number of nitrogens with zero attached hydrogens (tertiary/aromatic N) is 4. The first kappa shape index (κ1) is 61.5. The summed E-state index contributed by atoms with van der Waals surface area (Å²) in [6.07, 6.45) is -0.787. The monoisotopic (exact) mass is 1270 g/mol. The van der Waals surface area contributed by atoms with Gasteiger partial charge in [-0.25, -0.2) is 9.59 Å². The molecule has 0 aromatic heterocycles. The number of nitro benzene ring substituents is 1. The van der Waals surface area contributed by atoms with Crippen molar-refractivity contribution in [3.05, 3.63) is 402 Å². The average molecular weight is 1270 g/mol. The van der Waals surface area contributed by atoms with E-state index in [0.717, 1.165) is 72.7 Å². The second-order valence-corrected chi connectivity index (χ2v) is 23.6. The normalized spacial score (nSPS) is 14.8. The Morgan fingerprint density at radius 3 is 1.05 bits per heavy atom. The number of ether oxygens (including phenoxy) is 2. The minimum atomic E-state index is -0.472. The summed E-state index contributed by atoms with van der Waals surface area (Å²) >= 11 is 13.3. The molecule has 3 atom stereocenters. The smallest absolute Gasteiger partial charge is 0.410 e. The highest BCUT2D eigenvalue weighted by atomic mass is 35.5. The van der Waals surface area contributed by atoms with Crippen molar-refractivity contribution in [2.24, 2.45) is 0 Å². The van der Waals surface area contributed by atoms with E-state index >= 15 is 0 Å². The maximum atomic E-state index is 13.6. The van der Waals surface area contributed by atoms with E-state index < -0.39 is 11.0 Å². The molecule has 3 aliphatic rings. The van der Waals surface area contributed by atoms with Gasteiger partial charge >= 0.3 is 12.2 Å². The fraction of sp³-hybridized carbons (Fsp3) is 0.0741. The zero-order valence-electron chi connectivity index (χ0n) is 50.7. The Balaban J connectivity index is 0.000000128. The quantitative estimate of drug-likeness (QED) is 0.115. The summed E-state index contributed by atoms with van der Waals surface area (Å²) in [6, 6.07) is 98.8. The van der Waals surface area contributed by atoms with Gasteiger partial charge in [-0.3, -0.25) is 24.7 Å². The average Bonchev–Trinajstić information content (AvgIpc) is 1.60. The van der Waals surface area contributed by atoms with Crippen LogP contribution in [0.1, 0.15) is 94.9 Å². The van der Waals surface area contributed by atoms with Gasteiger partial charge in [0.1, 0.15) is 11.5 Å². The molecule has 0 saturated heterocycles. The number of carbonyl (C=O) groups is 3. The highest BCUT2D eigenvalue weighted by Crippen LogP contribution is 2.48. The van der Waals surface area contributed by atoms with Crippen LogP contribution < -0.4 is 24.2 Å². The standard InChI is InChI=1S/C27H19ClN2O3.C27H20ClNO2.C27H21NO2/c28-24-11-5-3-9-22(24)26-21-8-2-1-7-19(21)17-29(25-12-6-4-10-23(25)26)27(31)18-13-15-20(16-14-18)30(32)33;28-24-16-8-6-14-22(24)26-21-13-5-4-10-19(21)18-29(25-17-9-7-15-23(25)26)27(30)31-20-11-2-1-3-12-20;29-27(30-22-14-5-2-6-15-22)28-19-21-13-7-8-16-23(21)26(20-11-3-1-4-12-20)24-17-9-10-18-25(24)28/h1-16,26H,17H2;1-17,26H,18H2;1-18,26H,19H2. The highest BCUT2D eigenvalue weighted by molar-refractivity contribution is 6.32. The third-order valence-corrected chi connectivity index (χ3v) is 17.9. The Morgan fingerprint density at radius 1 is 0.340 bits per heavy atom. The van der Waals surface area contributed by atoms with Crippen molar-refractivity contribution >= 4 is 64.0 Å². The van der Waals surface area contributed by atoms with Crippen LogP contribution in [0.2, 0.25) is 10.0 Å². The van der Waals surface area contributed by atoms with E-state index in [-0.39, 0.29) is 35.4 Å². The maximum Gasteiger partial charge on any atom is 0.420 e. The Kier molecular flexibility index (Phi) is 18.3. The first-order valence-electron chi connectivity index (χ1n) is 30.8. The number of hydrogen-bond acceptors (Lipinski definition) is 7. The minimum Gasteiger partial charge on any atom is -0.410 e. The van der Waals surface area contributed by atoms with E-state index in [9.17, 15) is 24.5 Å². The van der Waals surface area contributed by atoms with Gasteiger partial charge in [-0.1, -0.05) is 254 Å².